The van der Waals surface area contributed by atoms with Crippen LogP contribution in [0.4, 0.5) is 4.39 Å². The summed E-state index contributed by atoms with van der Waals surface area (Å²) in [5.41, 5.74) is 5.07. The smallest absolute Gasteiger partial charge is 0.167 e. The Bertz CT molecular complexity index is 1060. The van der Waals surface area contributed by atoms with Gasteiger partial charge in [0, 0.05) is 22.3 Å². The summed E-state index contributed by atoms with van der Waals surface area (Å²) in [6, 6.07) is 8.35. The van der Waals surface area contributed by atoms with E-state index in [1.54, 1.807) is 23.5 Å². The van der Waals surface area contributed by atoms with Crippen molar-refractivity contribution in [2.24, 2.45) is 11.3 Å². The molecule has 5 rings (SSSR count). The van der Waals surface area contributed by atoms with Crippen molar-refractivity contribution in [3.8, 4) is 5.69 Å². The molecule has 0 amide bonds. The zero-order chi connectivity index (χ0) is 19.3. The van der Waals surface area contributed by atoms with E-state index in [0.29, 0.717) is 0 Å². The molecular weight excluding hydrogens is 371 g/mol. The highest BCUT2D eigenvalue weighted by Crippen LogP contribution is 2.52. The highest BCUT2D eigenvalue weighted by molar-refractivity contribution is 7.08. The van der Waals surface area contributed by atoms with Gasteiger partial charge in [0.25, 0.3) is 0 Å². The summed E-state index contributed by atoms with van der Waals surface area (Å²) in [7, 11) is 0. The summed E-state index contributed by atoms with van der Waals surface area (Å²) >= 11 is 1.58. The number of benzene rings is 1. The highest BCUT2D eigenvalue weighted by atomic mass is 32.1. The van der Waals surface area contributed by atoms with Crippen molar-refractivity contribution in [2.75, 3.05) is 0 Å². The quantitative estimate of drug-likeness (QED) is 0.536. The van der Waals surface area contributed by atoms with Crippen LogP contribution in [-0.4, -0.2) is 15.6 Å². The van der Waals surface area contributed by atoms with Gasteiger partial charge in [-0.25, -0.2) is 9.07 Å². The molecule has 3 aromatic rings. The minimum atomic E-state index is -0.252. The van der Waals surface area contributed by atoms with Crippen LogP contribution < -0.4 is 0 Å². The molecule has 0 aliphatic heterocycles. The maximum Gasteiger partial charge on any atom is 0.167 e. The van der Waals surface area contributed by atoms with Gasteiger partial charge in [-0.05, 0) is 73.0 Å². The Morgan fingerprint density at radius 1 is 1.29 bits per heavy atom. The van der Waals surface area contributed by atoms with Crippen LogP contribution in [0.25, 0.3) is 11.8 Å². The molecule has 0 N–H and O–H groups in total. The molecule has 2 atom stereocenters. The Morgan fingerprint density at radius 3 is 2.86 bits per heavy atom. The van der Waals surface area contributed by atoms with Crippen LogP contribution in [0.2, 0.25) is 0 Å². The third kappa shape index (κ3) is 2.68. The van der Waals surface area contributed by atoms with Gasteiger partial charge >= 0.3 is 0 Å². The summed E-state index contributed by atoms with van der Waals surface area (Å²) in [5, 5.41) is 8.51. The molecule has 28 heavy (non-hydrogen) atoms. The van der Waals surface area contributed by atoms with Gasteiger partial charge in [-0.2, -0.15) is 16.4 Å². The van der Waals surface area contributed by atoms with E-state index in [9.17, 15) is 9.18 Å². The summed E-state index contributed by atoms with van der Waals surface area (Å²) in [5.74, 6) is 0.0194. The van der Waals surface area contributed by atoms with Crippen molar-refractivity contribution < 1.29 is 9.18 Å². The number of Topliss-reactive ketones (excluding diaryl/α,β-unsaturated/α-hetero) is 1. The van der Waals surface area contributed by atoms with Crippen molar-refractivity contribution >= 4 is 23.2 Å². The number of hydrogen-bond donors (Lipinski definition) is 0. The summed E-state index contributed by atoms with van der Waals surface area (Å²) in [6.07, 6.45) is 7.92. The topological polar surface area (TPSA) is 34.9 Å². The molecule has 5 heteroatoms. The number of allylic oxidation sites excluding steroid dienone is 1. The lowest BCUT2D eigenvalue weighted by atomic mass is 9.58. The number of aromatic nitrogens is 2. The number of ketones is 1. The Balaban J connectivity index is 1.55. The van der Waals surface area contributed by atoms with Crippen LogP contribution in [0, 0.1) is 17.2 Å². The number of rotatable bonds is 3. The van der Waals surface area contributed by atoms with Crippen molar-refractivity contribution in [1.82, 2.24) is 9.78 Å². The first kappa shape index (κ1) is 17.6. The normalized spacial score (nSPS) is 23.6. The number of carbonyl (C=O) groups is 1. The maximum atomic E-state index is 13.3. The van der Waals surface area contributed by atoms with E-state index >= 15 is 0 Å². The van der Waals surface area contributed by atoms with E-state index in [2.05, 4.69) is 18.1 Å². The lowest BCUT2D eigenvalue weighted by Gasteiger charge is -2.45. The number of carbonyl (C=O) groups excluding carboxylic acids is 1. The number of fused-ring (bicyclic) bond motifs is 2. The van der Waals surface area contributed by atoms with Crippen LogP contribution in [0.1, 0.15) is 47.8 Å². The van der Waals surface area contributed by atoms with Gasteiger partial charge in [0.1, 0.15) is 5.82 Å². The van der Waals surface area contributed by atoms with Crippen LogP contribution in [0.5, 0.6) is 0 Å². The lowest BCUT2D eigenvalue weighted by molar-refractivity contribution is 0.0763. The molecule has 2 aliphatic rings. The standard InChI is InChI=1S/C23H21FN2OS/c1-23-12-16-13-25-26(19-7-5-18(24)6-8-19)21(16)11-17(23)3-2-4-20(23)22(27)15-9-10-28-14-15/h5-11,13-14,20H,2-4,12H2,1H3. The first-order valence-electron chi connectivity index (χ1n) is 9.66. The Labute approximate surface area is 167 Å². The molecule has 2 heterocycles. The van der Waals surface area contributed by atoms with E-state index in [0.717, 1.165) is 48.2 Å². The van der Waals surface area contributed by atoms with Crippen LogP contribution in [-0.2, 0) is 6.42 Å². The minimum absolute atomic E-state index is 0.00409. The fourth-order valence-electron chi connectivity index (χ4n) is 4.86. The molecule has 2 aromatic heterocycles. The van der Waals surface area contributed by atoms with Crippen LogP contribution in [0.15, 0.2) is 52.9 Å². The third-order valence-electron chi connectivity index (χ3n) is 6.39. The van der Waals surface area contributed by atoms with Crippen molar-refractivity contribution in [2.45, 2.75) is 32.6 Å². The molecule has 0 radical (unpaired) electrons. The van der Waals surface area contributed by atoms with Gasteiger partial charge in [-0.3, -0.25) is 4.79 Å². The monoisotopic (exact) mass is 392 g/mol. The minimum Gasteiger partial charge on any atom is -0.294 e. The second kappa shape index (κ2) is 6.52. The van der Waals surface area contributed by atoms with Gasteiger partial charge in [0.15, 0.2) is 5.78 Å². The average molecular weight is 392 g/mol. The molecule has 142 valence electrons. The van der Waals surface area contributed by atoms with E-state index < -0.39 is 0 Å². The van der Waals surface area contributed by atoms with Gasteiger partial charge in [0.2, 0.25) is 0 Å². The molecule has 3 nitrogen and oxygen atoms in total. The summed E-state index contributed by atoms with van der Waals surface area (Å²) in [6.45, 7) is 2.24. The molecular formula is C23H21FN2OS. The molecule has 1 fully saturated rings. The number of thiophene rings is 1. The molecule has 1 aromatic carbocycles. The van der Waals surface area contributed by atoms with Gasteiger partial charge in [-0.15, -0.1) is 0 Å². The van der Waals surface area contributed by atoms with Crippen molar-refractivity contribution in [3.05, 3.63) is 75.5 Å². The second-order valence-electron chi connectivity index (χ2n) is 8.03. The largest absolute Gasteiger partial charge is 0.294 e. The second-order valence-corrected chi connectivity index (χ2v) is 8.81. The van der Waals surface area contributed by atoms with E-state index in [-0.39, 0.29) is 22.9 Å². The van der Waals surface area contributed by atoms with Gasteiger partial charge in [-0.1, -0.05) is 12.5 Å². The molecule has 0 bridgehead atoms. The fourth-order valence-corrected chi connectivity index (χ4v) is 5.50. The molecule has 0 spiro atoms. The fraction of sp³-hybridized carbons (Fsp3) is 0.304. The molecule has 2 unspecified atom stereocenters. The predicted molar refractivity (Wildman–Crippen MR) is 109 cm³/mol. The third-order valence-corrected chi connectivity index (χ3v) is 7.07. The molecule has 1 saturated carbocycles. The molecule has 0 saturated heterocycles. The number of nitrogens with zero attached hydrogens (tertiary/aromatic N) is 2. The molecule has 2 aliphatic carbocycles. The Morgan fingerprint density at radius 2 is 2.11 bits per heavy atom. The average Bonchev–Trinajstić information content (AvgIpc) is 3.35. The Hall–Kier alpha value is -2.53. The number of halogens is 1. The van der Waals surface area contributed by atoms with Crippen molar-refractivity contribution in [3.63, 3.8) is 0 Å². The highest BCUT2D eigenvalue weighted by Gasteiger charge is 2.46. The zero-order valence-electron chi connectivity index (χ0n) is 15.7. The van der Waals surface area contributed by atoms with E-state index in [4.69, 9.17) is 0 Å². The van der Waals surface area contributed by atoms with Gasteiger partial charge in [0.05, 0.1) is 17.6 Å². The summed E-state index contributed by atoms with van der Waals surface area (Å²) < 4.78 is 15.2. The van der Waals surface area contributed by atoms with Gasteiger partial charge < -0.3 is 0 Å². The zero-order valence-corrected chi connectivity index (χ0v) is 16.5. The van der Waals surface area contributed by atoms with Crippen molar-refractivity contribution in [1.29, 1.82) is 0 Å². The SMILES string of the molecule is CC12Cc3cnn(-c4ccc(F)cc4)c3C=C1CCCC2C(=O)c1ccsc1. The van der Waals surface area contributed by atoms with E-state index in [1.807, 2.05) is 27.7 Å². The first-order chi connectivity index (χ1) is 13.6. The lowest BCUT2D eigenvalue weighted by Crippen LogP contribution is -2.41. The van der Waals surface area contributed by atoms with E-state index in [1.165, 1.54) is 17.7 Å². The van der Waals surface area contributed by atoms with Crippen LogP contribution >= 0.6 is 11.3 Å². The number of hydrogen-bond acceptors (Lipinski definition) is 3. The maximum absolute atomic E-state index is 13.3. The van der Waals surface area contributed by atoms with Crippen LogP contribution in [0.3, 0.4) is 0 Å². The first-order valence-corrected chi connectivity index (χ1v) is 10.6. The Kier molecular flexibility index (Phi) is 4.09. The summed E-state index contributed by atoms with van der Waals surface area (Å²) in [4.78, 5) is 13.2. The predicted octanol–water partition coefficient (Wildman–Crippen LogP) is 5.70.